The number of anilines is 2. The Morgan fingerprint density at radius 1 is 1.03 bits per heavy atom. The van der Waals surface area contributed by atoms with Gasteiger partial charge in [-0.3, -0.25) is 0 Å². The van der Waals surface area contributed by atoms with Crippen LogP contribution in [0.25, 0.3) is 11.3 Å². The largest absolute Gasteiger partial charge is 0.489 e. The van der Waals surface area contributed by atoms with Gasteiger partial charge >= 0.3 is 5.97 Å². The Bertz CT molecular complexity index is 1290. The van der Waals surface area contributed by atoms with E-state index in [0.717, 1.165) is 33.4 Å². The van der Waals surface area contributed by atoms with Crippen molar-refractivity contribution >= 4 is 51.3 Å². The molecule has 0 radical (unpaired) electrons. The van der Waals surface area contributed by atoms with Crippen LogP contribution in [0.1, 0.15) is 15.9 Å². The molecule has 0 amide bonds. The molecule has 0 atom stereocenters. The Kier molecular flexibility index (Phi) is 8.25. The number of hydrogen-bond acceptors (Lipinski definition) is 6. The quantitative estimate of drug-likeness (QED) is 0.235. The molecule has 1 aromatic heterocycles. The number of halogens is 2. The summed E-state index contributed by atoms with van der Waals surface area (Å²) in [6.45, 7) is 1.46. The fourth-order valence-electron chi connectivity index (χ4n) is 3.34. The van der Waals surface area contributed by atoms with E-state index in [4.69, 9.17) is 37.7 Å². The van der Waals surface area contributed by atoms with Crippen molar-refractivity contribution < 1.29 is 19.4 Å². The van der Waals surface area contributed by atoms with E-state index in [-0.39, 0.29) is 5.56 Å². The average molecular weight is 529 g/mol. The van der Waals surface area contributed by atoms with Gasteiger partial charge in [0.15, 0.2) is 5.13 Å². The predicted molar refractivity (Wildman–Crippen MR) is 141 cm³/mol. The predicted octanol–water partition coefficient (Wildman–Crippen LogP) is 7.18. The van der Waals surface area contributed by atoms with Crippen LogP contribution in [-0.4, -0.2) is 36.3 Å². The van der Waals surface area contributed by atoms with E-state index in [1.54, 1.807) is 43.5 Å². The Hall–Kier alpha value is -3.10. The highest BCUT2D eigenvalue weighted by Crippen LogP contribution is 2.33. The minimum atomic E-state index is -0.957. The van der Waals surface area contributed by atoms with Gasteiger partial charge in [0.2, 0.25) is 0 Å². The summed E-state index contributed by atoms with van der Waals surface area (Å²) in [5, 5.41) is 13.0. The molecule has 0 saturated heterocycles. The van der Waals surface area contributed by atoms with Crippen LogP contribution in [0.5, 0.6) is 5.75 Å². The first kappa shape index (κ1) is 25.0. The summed E-state index contributed by atoms with van der Waals surface area (Å²) in [5.41, 5.74) is 3.81. The Morgan fingerprint density at radius 2 is 1.77 bits per heavy atom. The fraction of sp³-hybridized carbons (Fsp3) is 0.154. The third-order valence-corrected chi connectivity index (χ3v) is 6.81. The first-order chi connectivity index (χ1) is 16.9. The number of aromatic carboxylic acids is 1. The van der Waals surface area contributed by atoms with Gasteiger partial charge < -0.3 is 19.5 Å². The van der Waals surface area contributed by atoms with Crippen molar-refractivity contribution in [2.24, 2.45) is 0 Å². The van der Waals surface area contributed by atoms with Crippen LogP contribution < -0.4 is 9.64 Å². The molecule has 180 valence electrons. The molecule has 0 saturated carbocycles. The number of aromatic nitrogens is 1. The van der Waals surface area contributed by atoms with E-state index >= 15 is 0 Å². The molecule has 0 fully saturated rings. The van der Waals surface area contributed by atoms with Crippen molar-refractivity contribution in [3.63, 3.8) is 0 Å². The molecule has 35 heavy (non-hydrogen) atoms. The zero-order valence-electron chi connectivity index (χ0n) is 18.8. The van der Waals surface area contributed by atoms with Crippen molar-refractivity contribution in [1.82, 2.24) is 4.98 Å². The summed E-state index contributed by atoms with van der Waals surface area (Å²) in [7, 11) is 1.64. The minimum absolute atomic E-state index is 0.238. The van der Waals surface area contributed by atoms with Gasteiger partial charge in [-0.2, -0.15) is 0 Å². The van der Waals surface area contributed by atoms with Gasteiger partial charge in [-0.05, 0) is 66.2 Å². The summed E-state index contributed by atoms with van der Waals surface area (Å²) in [4.78, 5) is 18.0. The highest BCUT2D eigenvalue weighted by Gasteiger charge is 2.15. The summed E-state index contributed by atoms with van der Waals surface area (Å²) < 4.78 is 11.1. The topological polar surface area (TPSA) is 71.9 Å². The van der Waals surface area contributed by atoms with E-state index in [0.29, 0.717) is 29.8 Å². The number of benzene rings is 3. The summed E-state index contributed by atoms with van der Waals surface area (Å²) >= 11 is 13.5. The second-order valence-corrected chi connectivity index (χ2v) is 9.22. The number of carboxylic acid groups (broad SMARTS) is 1. The van der Waals surface area contributed by atoms with Crippen LogP contribution in [0.4, 0.5) is 10.8 Å². The standard InChI is InChI=1S/C26H22Cl2N2O4S/c1-33-13-12-30(20-7-3-19(4-8-20)25(31)32)26-29-24(16-35-26)18-5-9-21(10-6-18)34-15-17-2-11-22(27)23(28)14-17/h2-11,14,16H,12-13,15H2,1H3,(H,31,32). The molecule has 0 bridgehead atoms. The molecular formula is C26H22Cl2N2O4S. The molecule has 9 heteroatoms. The monoisotopic (exact) mass is 528 g/mol. The number of hydrogen-bond donors (Lipinski definition) is 1. The van der Waals surface area contributed by atoms with Crippen LogP contribution in [0, 0.1) is 0 Å². The van der Waals surface area contributed by atoms with Crippen molar-refractivity contribution in [1.29, 1.82) is 0 Å². The molecular weight excluding hydrogens is 507 g/mol. The van der Waals surface area contributed by atoms with E-state index in [1.165, 1.54) is 11.3 Å². The molecule has 0 spiro atoms. The molecule has 4 aromatic rings. The minimum Gasteiger partial charge on any atom is -0.489 e. The number of rotatable bonds is 10. The SMILES string of the molecule is COCCN(c1ccc(C(=O)O)cc1)c1nc(-c2ccc(OCc3ccc(Cl)c(Cl)c3)cc2)cs1. The number of ether oxygens (including phenoxy) is 2. The normalized spacial score (nSPS) is 10.8. The van der Waals surface area contributed by atoms with Gasteiger partial charge in [-0.1, -0.05) is 29.3 Å². The Morgan fingerprint density at radius 3 is 2.43 bits per heavy atom. The van der Waals surface area contributed by atoms with E-state index in [9.17, 15) is 9.90 Å². The first-order valence-corrected chi connectivity index (χ1v) is 12.3. The van der Waals surface area contributed by atoms with Crippen LogP contribution in [-0.2, 0) is 11.3 Å². The second-order valence-electron chi connectivity index (χ2n) is 7.57. The molecule has 0 aliphatic rings. The lowest BCUT2D eigenvalue weighted by atomic mass is 10.2. The van der Waals surface area contributed by atoms with Crippen LogP contribution in [0.2, 0.25) is 10.0 Å². The van der Waals surface area contributed by atoms with Gasteiger partial charge in [0, 0.05) is 30.3 Å². The van der Waals surface area contributed by atoms with Crippen LogP contribution in [0.15, 0.2) is 72.1 Å². The zero-order valence-corrected chi connectivity index (χ0v) is 21.1. The molecule has 4 rings (SSSR count). The molecule has 0 aliphatic carbocycles. The van der Waals surface area contributed by atoms with Crippen LogP contribution >= 0.6 is 34.5 Å². The first-order valence-electron chi connectivity index (χ1n) is 10.7. The van der Waals surface area contributed by atoms with E-state index in [1.807, 2.05) is 40.6 Å². The van der Waals surface area contributed by atoms with E-state index < -0.39 is 5.97 Å². The lowest BCUT2D eigenvalue weighted by Gasteiger charge is -2.21. The molecule has 3 aromatic carbocycles. The van der Waals surface area contributed by atoms with Crippen molar-refractivity contribution in [2.75, 3.05) is 25.2 Å². The maximum Gasteiger partial charge on any atom is 0.335 e. The molecule has 1 heterocycles. The smallest absolute Gasteiger partial charge is 0.335 e. The van der Waals surface area contributed by atoms with Gasteiger partial charge in [-0.25, -0.2) is 9.78 Å². The van der Waals surface area contributed by atoms with E-state index in [2.05, 4.69) is 0 Å². The van der Waals surface area contributed by atoms with Gasteiger partial charge in [-0.15, -0.1) is 11.3 Å². The van der Waals surface area contributed by atoms with Crippen LogP contribution in [0.3, 0.4) is 0 Å². The maximum absolute atomic E-state index is 11.2. The molecule has 0 unspecified atom stereocenters. The highest BCUT2D eigenvalue weighted by atomic mass is 35.5. The zero-order chi connectivity index (χ0) is 24.8. The summed E-state index contributed by atoms with van der Waals surface area (Å²) in [6, 6.07) is 19.9. The molecule has 6 nitrogen and oxygen atoms in total. The van der Waals surface area contributed by atoms with Gasteiger partial charge in [0.25, 0.3) is 0 Å². The third-order valence-electron chi connectivity index (χ3n) is 5.21. The number of nitrogens with zero attached hydrogens (tertiary/aromatic N) is 2. The Balaban J connectivity index is 1.47. The van der Waals surface area contributed by atoms with Crippen molar-refractivity contribution in [3.05, 3.63) is 93.3 Å². The molecule has 1 N–H and O–H groups in total. The lowest BCUT2D eigenvalue weighted by molar-refractivity contribution is 0.0697. The summed E-state index contributed by atoms with van der Waals surface area (Å²) in [6.07, 6.45) is 0. The Labute approximate surface area is 217 Å². The maximum atomic E-state index is 11.2. The number of thiazole rings is 1. The van der Waals surface area contributed by atoms with Crippen molar-refractivity contribution in [3.8, 4) is 17.0 Å². The number of methoxy groups -OCH3 is 1. The van der Waals surface area contributed by atoms with Crippen molar-refractivity contribution in [2.45, 2.75) is 6.61 Å². The molecule has 0 aliphatic heterocycles. The van der Waals surface area contributed by atoms with Gasteiger partial charge in [0.1, 0.15) is 12.4 Å². The summed E-state index contributed by atoms with van der Waals surface area (Å²) in [5.74, 6) is -0.226. The average Bonchev–Trinajstić information content (AvgIpc) is 3.35. The third kappa shape index (κ3) is 6.32. The highest BCUT2D eigenvalue weighted by molar-refractivity contribution is 7.14. The van der Waals surface area contributed by atoms with Gasteiger partial charge in [0.05, 0.1) is 27.9 Å². The number of carboxylic acids is 1. The second kappa shape index (κ2) is 11.6. The fourth-order valence-corrected chi connectivity index (χ4v) is 4.54. The number of carbonyl (C=O) groups is 1. The lowest BCUT2D eigenvalue weighted by Crippen LogP contribution is -2.21.